The molecule has 124 valence electrons. The van der Waals surface area contributed by atoms with Gasteiger partial charge >= 0.3 is 0 Å². The van der Waals surface area contributed by atoms with Gasteiger partial charge in [-0.15, -0.1) is 0 Å². The third kappa shape index (κ3) is 2.90. The minimum Gasteiger partial charge on any atom is -0.340 e. The highest BCUT2D eigenvalue weighted by Gasteiger charge is 2.14. The van der Waals surface area contributed by atoms with Gasteiger partial charge in [0.25, 0.3) is 5.91 Å². The van der Waals surface area contributed by atoms with Gasteiger partial charge in [-0.2, -0.15) is 0 Å². The number of nitrogens with one attached hydrogen (secondary N) is 1. The number of aryl methyl sites for hydroxylation is 1. The number of amides is 1. The van der Waals surface area contributed by atoms with E-state index in [1.807, 2.05) is 70.9 Å². The van der Waals surface area contributed by atoms with Crippen LogP contribution in [0.5, 0.6) is 0 Å². The highest BCUT2D eigenvalue weighted by molar-refractivity contribution is 6.31. The van der Waals surface area contributed by atoms with Gasteiger partial charge in [0.1, 0.15) is 5.69 Å². The minimum absolute atomic E-state index is 0.162. The van der Waals surface area contributed by atoms with Gasteiger partial charge in [0.05, 0.1) is 6.33 Å². The molecule has 0 atom stereocenters. The molecule has 25 heavy (non-hydrogen) atoms. The zero-order valence-electron chi connectivity index (χ0n) is 13.5. The highest BCUT2D eigenvalue weighted by atomic mass is 35.5. The summed E-state index contributed by atoms with van der Waals surface area (Å²) >= 11 is 6.05. The van der Waals surface area contributed by atoms with E-state index in [1.54, 1.807) is 12.5 Å². The minimum atomic E-state index is -0.162. The van der Waals surface area contributed by atoms with Crippen LogP contribution in [0, 0.1) is 0 Å². The predicted molar refractivity (Wildman–Crippen MR) is 99.4 cm³/mol. The molecule has 1 N–H and O–H groups in total. The maximum Gasteiger partial charge on any atom is 0.272 e. The molecule has 0 unspecified atom stereocenters. The van der Waals surface area contributed by atoms with E-state index in [0.717, 1.165) is 22.3 Å². The van der Waals surface area contributed by atoms with Gasteiger partial charge in [-0.05, 0) is 42.5 Å². The van der Waals surface area contributed by atoms with Crippen molar-refractivity contribution in [2.24, 2.45) is 7.05 Å². The first-order chi connectivity index (χ1) is 12.1. The normalized spacial score (nSPS) is 11.0. The number of fused-ring (bicyclic) bond motifs is 1. The first-order valence-electron chi connectivity index (χ1n) is 7.76. The van der Waals surface area contributed by atoms with Gasteiger partial charge in [-0.1, -0.05) is 17.7 Å². The summed E-state index contributed by atoms with van der Waals surface area (Å²) in [5.41, 5.74) is 3.22. The molecule has 0 spiro atoms. The molecule has 6 heteroatoms. The van der Waals surface area contributed by atoms with Crippen LogP contribution >= 0.6 is 11.6 Å². The van der Waals surface area contributed by atoms with Crippen molar-refractivity contribution in [1.82, 2.24) is 14.1 Å². The van der Waals surface area contributed by atoms with E-state index in [9.17, 15) is 4.79 Å². The van der Waals surface area contributed by atoms with Crippen LogP contribution in [0.25, 0.3) is 16.6 Å². The van der Waals surface area contributed by atoms with Crippen LogP contribution in [0.2, 0.25) is 5.02 Å². The number of hydrogen-bond acceptors (Lipinski definition) is 2. The smallest absolute Gasteiger partial charge is 0.272 e. The van der Waals surface area contributed by atoms with Crippen LogP contribution in [0.1, 0.15) is 10.5 Å². The number of nitrogens with zero attached hydrogens (tertiary/aromatic N) is 3. The summed E-state index contributed by atoms with van der Waals surface area (Å²) in [5, 5.41) is 4.56. The van der Waals surface area contributed by atoms with Crippen molar-refractivity contribution in [2.45, 2.75) is 0 Å². The molecule has 0 aliphatic carbocycles. The molecule has 4 aromatic rings. The number of hydrogen-bond donors (Lipinski definition) is 1. The Labute approximate surface area is 149 Å². The Kier molecular flexibility index (Phi) is 3.78. The lowest BCUT2D eigenvalue weighted by Crippen LogP contribution is -2.15. The summed E-state index contributed by atoms with van der Waals surface area (Å²) in [6.07, 6.45) is 5.32. The van der Waals surface area contributed by atoms with Gasteiger partial charge in [0, 0.05) is 46.7 Å². The lowest BCUT2D eigenvalue weighted by Gasteiger charge is -2.08. The average Bonchev–Trinajstić information content (AvgIpc) is 3.25. The van der Waals surface area contributed by atoms with E-state index in [0.29, 0.717) is 10.7 Å². The summed E-state index contributed by atoms with van der Waals surface area (Å²) in [4.78, 5) is 16.6. The van der Waals surface area contributed by atoms with E-state index in [2.05, 4.69) is 10.3 Å². The summed E-state index contributed by atoms with van der Waals surface area (Å²) < 4.78 is 3.75. The molecule has 0 saturated heterocycles. The van der Waals surface area contributed by atoms with E-state index in [-0.39, 0.29) is 5.91 Å². The second-order valence-electron chi connectivity index (χ2n) is 5.76. The fraction of sp³-hybridized carbons (Fsp3) is 0.0526. The second kappa shape index (κ2) is 6.11. The molecule has 0 aliphatic rings. The predicted octanol–water partition coefficient (Wildman–Crippen LogP) is 4.27. The maximum atomic E-state index is 12.6. The first kappa shape index (κ1) is 15.5. The van der Waals surface area contributed by atoms with Crippen molar-refractivity contribution in [3.63, 3.8) is 0 Å². The quantitative estimate of drug-likeness (QED) is 0.600. The fourth-order valence-corrected chi connectivity index (χ4v) is 3.01. The van der Waals surface area contributed by atoms with E-state index in [1.165, 1.54) is 0 Å². The second-order valence-corrected chi connectivity index (χ2v) is 6.20. The number of anilines is 1. The van der Waals surface area contributed by atoms with Crippen molar-refractivity contribution in [3.8, 4) is 5.69 Å². The monoisotopic (exact) mass is 350 g/mol. The third-order valence-electron chi connectivity index (χ3n) is 4.17. The van der Waals surface area contributed by atoms with E-state index >= 15 is 0 Å². The topological polar surface area (TPSA) is 51.9 Å². The van der Waals surface area contributed by atoms with E-state index < -0.39 is 0 Å². The van der Waals surface area contributed by atoms with Crippen molar-refractivity contribution < 1.29 is 4.79 Å². The molecule has 2 aromatic carbocycles. The Balaban J connectivity index is 1.59. The number of halogens is 1. The Morgan fingerprint density at radius 1 is 1.12 bits per heavy atom. The SMILES string of the molecule is Cn1c(C(=O)Nc2ccc(-n3ccnc3)cc2)cc2ccc(Cl)cc21. The Morgan fingerprint density at radius 2 is 1.92 bits per heavy atom. The number of carbonyl (C=O) groups is 1. The summed E-state index contributed by atoms with van der Waals surface area (Å²) in [7, 11) is 1.86. The zero-order chi connectivity index (χ0) is 17.4. The van der Waals surface area contributed by atoms with Crippen molar-refractivity contribution in [3.05, 3.63) is 78.0 Å². The number of aromatic nitrogens is 3. The molecule has 1 amide bonds. The molecule has 0 saturated carbocycles. The highest BCUT2D eigenvalue weighted by Crippen LogP contribution is 2.23. The largest absolute Gasteiger partial charge is 0.340 e. The molecule has 0 aliphatic heterocycles. The van der Waals surface area contributed by atoms with Gasteiger partial charge < -0.3 is 14.5 Å². The van der Waals surface area contributed by atoms with Gasteiger partial charge in [-0.3, -0.25) is 4.79 Å². The van der Waals surface area contributed by atoms with Crippen molar-refractivity contribution >= 4 is 34.1 Å². The summed E-state index contributed by atoms with van der Waals surface area (Å²) in [6, 6.07) is 15.0. The van der Waals surface area contributed by atoms with Gasteiger partial charge in [0.15, 0.2) is 0 Å². The maximum absolute atomic E-state index is 12.6. The average molecular weight is 351 g/mol. The lowest BCUT2D eigenvalue weighted by atomic mass is 10.2. The Hall–Kier alpha value is -3.05. The molecule has 4 rings (SSSR count). The lowest BCUT2D eigenvalue weighted by molar-refractivity contribution is 0.102. The standard InChI is InChI=1S/C19H15ClN4O/c1-23-17-11-14(20)3-2-13(17)10-18(23)19(25)22-15-4-6-16(7-5-15)24-9-8-21-12-24/h2-12H,1H3,(H,22,25). The molecule has 5 nitrogen and oxygen atoms in total. The van der Waals surface area contributed by atoms with E-state index in [4.69, 9.17) is 11.6 Å². The molecule has 0 fully saturated rings. The number of benzene rings is 2. The van der Waals surface area contributed by atoms with Gasteiger partial charge in [0.2, 0.25) is 0 Å². The van der Waals surface area contributed by atoms with Crippen LogP contribution in [0.15, 0.2) is 67.3 Å². The van der Waals surface area contributed by atoms with Crippen molar-refractivity contribution in [2.75, 3.05) is 5.32 Å². The molecule has 0 bridgehead atoms. The fourth-order valence-electron chi connectivity index (χ4n) is 2.84. The molecular formula is C19H15ClN4O. The van der Waals surface area contributed by atoms with Crippen LogP contribution in [-0.2, 0) is 7.05 Å². The van der Waals surface area contributed by atoms with Crippen LogP contribution in [0.3, 0.4) is 0 Å². The number of rotatable bonds is 3. The number of carbonyl (C=O) groups excluding carboxylic acids is 1. The van der Waals surface area contributed by atoms with Crippen LogP contribution in [-0.4, -0.2) is 20.0 Å². The molecular weight excluding hydrogens is 336 g/mol. The van der Waals surface area contributed by atoms with Crippen molar-refractivity contribution in [1.29, 1.82) is 0 Å². The molecule has 0 radical (unpaired) electrons. The zero-order valence-corrected chi connectivity index (χ0v) is 14.2. The summed E-state index contributed by atoms with van der Waals surface area (Å²) in [5.74, 6) is -0.162. The first-order valence-corrected chi connectivity index (χ1v) is 8.14. The third-order valence-corrected chi connectivity index (χ3v) is 4.40. The summed E-state index contributed by atoms with van der Waals surface area (Å²) in [6.45, 7) is 0. The Morgan fingerprint density at radius 3 is 2.64 bits per heavy atom. The molecule has 2 aromatic heterocycles. The Bertz CT molecular complexity index is 1050. The van der Waals surface area contributed by atoms with Crippen LogP contribution in [0.4, 0.5) is 5.69 Å². The van der Waals surface area contributed by atoms with Crippen LogP contribution < -0.4 is 5.32 Å². The van der Waals surface area contributed by atoms with Gasteiger partial charge in [-0.25, -0.2) is 4.98 Å². The number of imidazole rings is 1. The molecule has 2 heterocycles.